The van der Waals surface area contributed by atoms with Crippen molar-refractivity contribution in [3.8, 4) is 0 Å². The van der Waals surface area contributed by atoms with Crippen LogP contribution in [-0.4, -0.2) is 6.67 Å². The van der Waals surface area contributed by atoms with Crippen LogP contribution in [0.15, 0.2) is 28.7 Å². The number of hydrogen-bond acceptors (Lipinski definition) is 1. The van der Waals surface area contributed by atoms with Crippen molar-refractivity contribution in [2.45, 2.75) is 12.5 Å². The van der Waals surface area contributed by atoms with Crippen LogP contribution in [0.5, 0.6) is 0 Å². The molecule has 0 spiro atoms. The van der Waals surface area contributed by atoms with E-state index in [0.29, 0.717) is 6.42 Å². The third-order valence-corrected chi connectivity index (χ3v) is 2.19. The summed E-state index contributed by atoms with van der Waals surface area (Å²) < 4.78 is 12.9. The lowest BCUT2D eigenvalue weighted by Crippen LogP contribution is -2.10. The Kier molecular flexibility index (Phi) is 3.69. The number of halogens is 2. The van der Waals surface area contributed by atoms with Crippen LogP contribution in [0.1, 0.15) is 18.0 Å². The minimum atomic E-state index is -0.367. The van der Waals surface area contributed by atoms with Crippen molar-refractivity contribution in [3.63, 3.8) is 0 Å². The average Bonchev–Trinajstić information content (AvgIpc) is 2.05. The maximum absolute atomic E-state index is 11.9. The Morgan fingerprint density at radius 3 is 2.83 bits per heavy atom. The van der Waals surface area contributed by atoms with E-state index >= 15 is 0 Å². The molecule has 1 rings (SSSR count). The molecule has 3 heteroatoms. The van der Waals surface area contributed by atoms with Crippen LogP contribution < -0.4 is 5.73 Å². The standard InChI is InChI=1S/C9H11BrFN/c10-8-3-1-2-7(6-8)9(12)4-5-11/h1-3,6,9H,4-5,12H2/t9-/m0/s1. The van der Waals surface area contributed by atoms with Crippen LogP contribution in [-0.2, 0) is 0 Å². The topological polar surface area (TPSA) is 26.0 Å². The molecule has 1 atom stereocenters. The van der Waals surface area contributed by atoms with E-state index in [4.69, 9.17) is 5.73 Å². The maximum atomic E-state index is 11.9. The summed E-state index contributed by atoms with van der Waals surface area (Å²) >= 11 is 3.33. The monoisotopic (exact) mass is 231 g/mol. The molecule has 0 fully saturated rings. The molecule has 0 unspecified atom stereocenters. The van der Waals surface area contributed by atoms with E-state index in [1.807, 2.05) is 24.3 Å². The number of hydrogen-bond donors (Lipinski definition) is 1. The molecule has 0 heterocycles. The number of alkyl halides is 1. The number of nitrogens with two attached hydrogens (primary N) is 1. The largest absolute Gasteiger partial charge is 0.324 e. The van der Waals surface area contributed by atoms with Gasteiger partial charge < -0.3 is 5.73 Å². The quantitative estimate of drug-likeness (QED) is 0.851. The van der Waals surface area contributed by atoms with Gasteiger partial charge in [0.15, 0.2) is 0 Å². The average molecular weight is 232 g/mol. The zero-order chi connectivity index (χ0) is 8.97. The van der Waals surface area contributed by atoms with Gasteiger partial charge in [0.1, 0.15) is 0 Å². The molecule has 0 bridgehead atoms. The normalized spacial score (nSPS) is 12.9. The van der Waals surface area contributed by atoms with Gasteiger partial charge in [-0.2, -0.15) is 0 Å². The third-order valence-electron chi connectivity index (χ3n) is 1.70. The van der Waals surface area contributed by atoms with Crippen molar-refractivity contribution >= 4 is 15.9 Å². The van der Waals surface area contributed by atoms with Crippen molar-refractivity contribution in [1.82, 2.24) is 0 Å². The molecule has 0 saturated carbocycles. The molecule has 0 radical (unpaired) electrons. The van der Waals surface area contributed by atoms with Crippen LogP contribution in [0.25, 0.3) is 0 Å². The Morgan fingerprint density at radius 2 is 2.25 bits per heavy atom. The van der Waals surface area contributed by atoms with Crippen LogP contribution in [0.2, 0.25) is 0 Å². The second-order valence-electron chi connectivity index (χ2n) is 2.64. The SMILES string of the molecule is N[C@@H](CCF)c1cccc(Br)c1. The molecule has 66 valence electrons. The van der Waals surface area contributed by atoms with Gasteiger partial charge in [-0.05, 0) is 24.1 Å². The number of rotatable bonds is 3. The summed E-state index contributed by atoms with van der Waals surface area (Å²) in [5.74, 6) is 0. The lowest BCUT2D eigenvalue weighted by Gasteiger charge is -2.09. The zero-order valence-electron chi connectivity index (χ0n) is 6.63. The van der Waals surface area contributed by atoms with E-state index in [0.717, 1.165) is 10.0 Å². The second kappa shape index (κ2) is 4.58. The fourth-order valence-corrected chi connectivity index (χ4v) is 1.44. The predicted octanol–water partition coefficient (Wildman–Crippen LogP) is 2.81. The van der Waals surface area contributed by atoms with Gasteiger partial charge in [-0.25, -0.2) is 0 Å². The molecule has 0 aliphatic carbocycles. The van der Waals surface area contributed by atoms with E-state index in [1.165, 1.54) is 0 Å². The Hall–Kier alpha value is -0.410. The van der Waals surface area contributed by atoms with Gasteiger partial charge in [0.25, 0.3) is 0 Å². The van der Waals surface area contributed by atoms with Crippen LogP contribution in [0.4, 0.5) is 4.39 Å². The van der Waals surface area contributed by atoms with Crippen molar-refractivity contribution in [1.29, 1.82) is 0 Å². The summed E-state index contributed by atoms with van der Waals surface area (Å²) in [6.07, 6.45) is 0.385. The molecule has 0 aliphatic rings. The molecule has 1 aromatic carbocycles. The first kappa shape index (κ1) is 9.68. The first-order chi connectivity index (χ1) is 5.74. The molecule has 0 saturated heterocycles. The van der Waals surface area contributed by atoms with Crippen molar-refractivity contribution < 1.29 is 4.39 Å². The van der Waals surface area contributed by atoms with Gasteiger partial charge in [-0.1, -0.05) is 28.1 Å². The summed E-state index contributed by atoms with van der Waals surface area (Å²) in [5, 5.41) is 0. The third kappa shape index (κ3) is 2.57. The van der Waals surface area contributed by atoms with Gasteiger partial charge in [0, 0.05) is 10.5 Å². The molecular weight excluding hydrogens is 221 g/mol. The van der Waals surface area contributed by atoms with Crippen molar-refractivity contribution in [2.24, 2.45) is 5.73 Å². The highest BCUT2D eigenvalue weighted by molar-refractivity contribution is 9.10. The minimum absolute atomic E-state index is 0.188. The summed E-state index contributed by atoms with van der Waals surface area (Å²) in [7, 11) is 0. The van der Waals surface area contributed by atoms with Gasteiger partial charge in [0.05, 0.1) is 6.67 Å². The van der Waals surface area contributed by atoms with E-state index in [-0.39, 0.29) is 12.7 Å². The Balaban J connectivity index is 2.73. The van der Waals surface area contributed by atoms with Crippen LogP contribution in [0, 0.1) is 0 Å². The van der Waals surface area contributed by atoms with E-state index < -0.39 is 0 Å². The summed E-state index contributed by atoms with van der Waals surface area (Å²) in [4.78, 5) is 0. The Bertz CT molecular complexity index is 252. The van der Waals surface area contributed by atoms with Gasteiger partial charge in [-0.15, -0.1) is 0 Å². The molecule has 0 amide bonds. The van der Waals surface area contributed by atoms with Crippen LogP contribution in [0.3, 0.4) is 0 Å². The van der Waals surface area contributed by atoms with E-state index in [1.54, 1.807) is 0 Å². The predicted molar refractivity (Wildman–Crippen MR) is 51.7 cm³/mol. The molecule has 0 aliphatic heterocycles. The van der Waals surface area contributed by atoms with E-state index in [2.05, 4.69) is 15.9 Å². The number of benzene rings is 1. The lowest BCUT2D eigenvalue weighted by atomic mass is 10.1. The lowest BCUT2D eigenvalue weighted by molar-refractivity contribution is 0.442. The Morgan fingerprint density at radius 1 is 1.50 bits per heavy atom. The summed E-state index contributed by atoms with van der Waals surface area (Å²) in [5.41, 5.74) is 6.69. The Labute approximate surface area is 79.9 Å². The molecule has 2 N–H and O–H groups in total. The molecule has 12 heavy (non-hydrogen) atoms. The second-order valence-corrected chi connectivity index (χ2v) is 3.55. The summed E-state index contributed by atoms with van der Waals surface area (Å²) in [6.45, 7) is -0.367. The fraction of sp³-hybridized carbons (Fsp3) is 0.333. The highest BCUT2D eigenvalue weighted by atomic mass is 79.9. The van der Waals surface area contributed by atoms with Gasteiger partial charge >= 0.3 is 0 Å². The van der Waals surface area contributed by atoms with Crippen molar-refractivity contribution in [2.75, 3.05) is 6.67 Å². The van der Waals surface area contributed by atoms with Gasteiger partial charge in [-0.3, -0.25) is 4.39 Å². The van der Waals surface area contributed by atoms with Gasteiger partial charge in [0.2, 0.25) is 0 Å². The first-order valence-corrected chi connectivity index (χ1v) is 4.60. The smallest absolute Gasteiger partial charge is 0.0912 e. The van der Waals surface area contributed by atoms with Crippen LogP contribution >= 0.6 is 15.9 Å². The summed E-state index contributed by atoms with van der Waals surface area (Å²) in [6, 6.07) is 7.46. The van der Waals surface area contributed by atoms with Crippen molar-refractivity contribution in [3.05, 3.63) is 34.3 Å². The maximum Gasteiger partial charge on any atom is 0.0912 e. The molecule has 1 nitrogen and oxygen atoms in total. The first-order valence-electron chi connectivity index (χ1n) is 3.81. The highest BCUT2D eigenvalue weighted by Gasteiger charge is 2.04. The fourth-order valence-electron chi connectivity index (χ4n) is 1.02. The highest BCUT2D eigenvalue weighted by Crippen LogP contribution is 2.18. The van der Waals surface area contributed by atoms with E-state index in [9.17, 15) is 4.39 Å². The molecule has 0 aromatic heterocycles. The molecular formula is C9H11BrFN. The minimum Gasteiger partial charge on any atom is -0.324 e. The zero-order valence-corrected chi connectivity index (χ0v) is 8.22. The molecule has 1 aromatic rings.